The minimum Gasteiger partial charge on any atom is -0.489 e. The van der Waals surface area contributed by atoms with Gasteiger partial charge in [-0.2, -0.15) is 0 Å². The van der Waals surface area contributed by atoms with Crippen molar-refractivity contribution in [3.8, 4) is 5.75 Å². The molecule has 20 heavy (non-hydrogen) atoms. The van der Waals surface area contributed by atoms with Gasteiger partial charge in [-0.1, -0.05) is 35.2 Å². The molecule has 0 bridgehead atoms. The van der Waals surface area contributed by atoms with E-state index in [1.165, 1.54) is 38.5 Å². The lowest BCUT2D eigenvalue weighted by Gasteiger charge is -2.51. The van der Waals surface area contributed by atoms with Gasteiger partial charge in [0.2, 0.25) is 0 Å². The van der Waals surface area contributed by atoms with Crippen LogP contribution in [0.3, 0.4) is 0 Å². The van der Waals surface area contributed by atoms with Gasteiger partial charge in [-0.05, 0) is 43.9 Å². The highest BCUT2D eigenvalue weighted by Crippen LogP contribution is 2.53. The quantitative estimate of drug-likeness (QED) is 0.873. The molecule has 2 aliphatic rings. The van der Waals surface area contributed by atoms with Crippen LogP contribution in [0.5, 0.6) is 5.75 Å². The van der Waals surface area contributed by atoms with E-state index in [0.29, 0.717) is 11.2 Å². The smallest absolute Gasteiger partial charge is 0.339 e. The topological polar surface area (TPSA) is 46.5 Å². The Morgan fingerprint density at radius 3 is 2.60 bits per heavy atom. The van der Waals surface area contributed by atoms with E-state index in [1.807, 2.05) is 0 Å². The first kappa shape index (κ1) is 13.9. The van der Waals surface area contributed by atoms with Crippen LogP contribution in [0.1, 0.15) is 55.3 Å². The molecule has 2 fully saturated rings. The van der Waals surface area contributed by atoms with Crippen molar-refractivity contribution in [2.24, 2.45) is 5.41 Å². The number of carboxylic acids is 1. The summed E-state index contributed by atoms with van der Waals surface area (Å²) in [7, 11) is 0. The summed E-state index contributed by atoms with van der Waals surface area (Å²) in [5.74, 6) is -0.425. The molecule has 1 unspecified atom stereocenters. The average molecular weight is 339 g/mol. The highest BCUT2D eigenvalue weighted by molar-refractivity contribution is 9.10. The second-order valence-corrected chi connectivity index (χ2v) is 6.93. The van der Waals surface area contributed by atoms with Gasteiger partial charge in [-0.15, -0.1) is 0 Å². The fraction of sp³-hybridized carbons (Fsp3) is 0.562. The molecule has 1 spiro atoms. The molecule has 0 radical (unpaired) electrons. The molecule has 108 valence electrons. The lowest BCUT2D eigenvalue weighted by molar-refractivity contribution is -0.0706. The zero-order valence-corrected chi connectivity index (χ0v) is 13.0. The zero-order chi connectivity index (χ0) is 14.2. The van der Waals surface area contributed by atoms with Gasteiger partial charge in [0, 0.05) is 9.89 Å². The van der Waals surface area contributed by atoms with Gasteiger partial charge >= 0.3 is 5.97 Å². The molecule has 1 aromatic carbocycles. The monoisotopic (exact) mass is 338 g/mol. The molecule has 0 saturated heterocycles. The van der Waals surface area contributed by atoms with Crippen LogP contribution in [0.15, 0.2) is 22.7 Å². The second-order valence-electron chi connectivity index (χ2n) is 6.01. The van der Waals surface area contributed by atoms with Crippen molar-refractivity contribution in [3.05, 3.63) is 28.2 Å². The molecule has 1 aromatic rings. The van der Waals surface area contributed by atoms with Gasteiger partial charge in [0.25, 0.3) is 0 Å². The fourth-order valence-electron chi connectivity index (χ4n) is 3.61. The van der Waals surface area contributed by atoms with E-state index in [9.17, 15) is 9.90 Å². The van der Waals surface area contributed by atoms with E-state index in [0.717, 1.165) is 10.9 Å². The molecular weight excluding hydrogens is 320 g/mol. The van der Waals surface area contributed by atoms with E-state index >= 15 is 0 Å². The maximum Gasteiger partial charge on any atom is 0.339 e. The Morgan fingerprint density at radius 2 is 2.00 bits per heavy atom. The van der Waals surface area contributed by atoms with Gasteiger partial charge in [0.15, 0.2) is 0 Å². The molecule has 0 aromatic heterocycles. The van der Waals surface area contributed by atoms with E-state index in [2.05, 4.69) is 15.9 Å². The van der Waals surface area contributed by atoms with Crippen molar-refractivity contribution < 1.29 is 14.6 Å². The van der Waals surface area contributed by atoms with Crippen LogP contribution in [-0.2, 0) is 0 Å². The molecule has 0 heterocycles. The summed E-state index contributed by atoms with van der Waals surface area (Å²) >= 11 is 3.39. The number of carbonyl (C=O) groups is 1. The molecule has 0 aliphatic heterocycles. The van der Waals surface area contributed by atoms with Crippen LogP contribution in [-0.4, -0.2) is 17.2 Å². The average Bonchev–Trinajstić information content (AvgIpc) is 2.44. The molecule has 3 rings (SSSR count). The Kier molecular flexibility index (Phi) is 3.76. The number of carboxylic acid groups (broad SMARTS) is 1. The first-order chi connectivity index (χ1) is 9.61. The van der Waals surface area contributed by atoms with Gasteiger partial charge in [0.05, 0.1) is 0 Å². The molecule has 1 N–H and O–H groups in total. The predicted molar refractivity (Wildman–Crippen MR) is 80.3 cm³/mol. The third-order valence-corrected chi connectivity index (χ3v) is 5.37. The van der Waals surface area contributed by atoms with E-state index in [1.54, 1.807) is 18.2 Å². The van der Waals surface area contributed by atoms with Crippen LogP contribution in [0.4, 0.5) is 0 Å². The van der Waals surface area contributed by atoms with Crippen LogP contribution in [0.2, 0.25) is 0 Å². The molecule has 0 amide bonds. The fourth-order valence-corrected chi connectivity index (χ4v) is 3.95. The van der Waals surface area contributed by atoms with Crippen molar-refractivity contribution in [3.63, 3.8) is 0 Å². The third kappa shape index (κ3) is 2.46. The first-order valence-electron chi connectivity index (χ1n) is 7.30. The van der Waals surface area contributed by atoms with E-state index in [-0.39, 0.29) is 11.7 Å². The summed E-state index contributed by atoms with van der Waals surface area (Å²) in [6, 6.07) is 5.12. The first-order valence-corrected chi connectivity index (χ1v) is 8.10. The number of benzene rings is 1. The Morgan fingerprint density at radius 1 is 1.25 bits per heavy atom. The summed E-state index contributed by atoms with van der Waals surface area (Å²) in [6.45, 7) is 0. The van der Waals surface area contributed by atoms with Crippen molar-refractivity contribution in [2.45, 2.75) is 51.0 Å². The normalized spacial score (nSPS) is 24.1. The lowest BCUT2D eigenvalue weighted by Crippen LogP contribution is -2.49. The van der Waals surface area contributed by atoms with Crippen molar-refractivity contribution in [2.75, 3.05) is 0 Å². The number of hydrogen-bond donors (Lipinski definition) is 1. The Labute approximate surface area is 127 Å². The number of ether oxygens (including phenoxy) is 1. The molecule has 4 heteroatoms. The van der Waals surface area contributed by atoms with Crippen LogP contribution in [0.25, 0.3) is 0 Å². The molecule has 1 atom stereocenters. The number of hydrogen-bond acceptors (Lipinski definition) is 2. The highest BCUT2D eigenvalue weighted by Gasteiger charge is 2.48. The van der Waals surface area contributed by atoms with Gasteiger partial charge in [-0.25, -0.2) is 4.79 Å². The van der Waals surface area contributed by atoms with Gasteiger partial charge in [0.1, 0.15) is 17.4 Å². The molecule has 2 aliphatic carbocycles. The standard InChI is InChI=1S/C16H19BrO3/c17-11-4-5-12(15(18)19)13(10-11)20-14-6-9-16(14)7-2-1-3-8-16/h4-5,10,14H,1-3,6-9H2,(H,18,19). The van der Waals surface area contributed by atoms with Crippen molar-refractivity contribution >= 4 is 21.9 Å². The zero-order valence-electron chi connectivity index (χ0n) is 11.4. The summed E-state index contributed by atoms with van der Waals surface area (Å²) < 4.78 is 6.96. The predicted octanol–water partition coefficient (Wildman–Crippen LogP) is 4.64. The largest absolute Gasteiger partial charge is 0.489 e. The Balaban J connectivity index is 1.81. The maximum absolute atomic E-state index is 11.3. The van der Waals surface area contributed by atoms with Crippen LogP contribution >= 0.6 is 15.9 Å². The summed E-state index contributed by atoms with van der Waals surface area (Å²) in [4.78, 5) is 11.3. The summed E-state index contributed by atoms with van der Waals surface area (Å²) in [5, 5.41) is 9.27. The molecular formula is C16H19BrO3. The number of halogens is 1. The van der Waals surface area contributed by atoms with Crippen LogP contribution in [0, 0.1) is 5.41 Å². The number of rotatable bonds is 3. The lowest BCUT2D eigenvalue weighted by atomic mass is 9.58. The SMILES string of the molecule is O=C(O)c1ccc(Br)cc1OC1CCC12CCCCC2. The maximum atomic E-state index is 11.3. The molecule has 2 saturated carbocycles. The van der Waals surface area contributed by atoms with Crippen molar-refractivity contribution in [1.29, 1.82) is 0 Å². The van der Waals surface area contributed by atoms with Crippen LogP contribution < -0.4 is 4.74 Å². The molecule has 3 nitrogen and oxygen atoms in total. The van der Waals surface area contributed by atoms with E-state index in [4.69, 9.17) is 4.74 Å². The minimum absolute atomic E-state index is 0.190. The van der Waals surface area contributed by atoms with E-state index < -0.39 is 5.97 Å². The Bertz CT molecular complexity index is 520. The van der Waals surface area contributed by atoms with Crippen molar-refractivity contribution in [1.82, 2.24) is 0 Å². The van der Waals surface area contributed by atoms with Gasteiger partial charge in [-0.3, -0.25) is 0 Å². The summed E-state index contributed by atoms with van der Waals surface area (Å²) in [6.07, 6.45) is 8.82. The number of aromatic carboxylic acids is 1. The third-order valence-electron chi connectivity index (χ3n) is 4.88. The second kappa shape index (κ2) is 5.40. The minimum atomic E-state index is -0.926. The highest BCUT2D eigenvalue weighted by atomic mass is 79.9. The summed E-state index contributed by atoms with van der Waals surface area (Å²) in [5.41, 5.74) is 0.571. The Hall–Kier alpha value is -1.03. The van der Waals surface area contributed by atoms with Gasteiger partial charge < -0.3 is 9.84 Å².